The minimum atomic E-state index is -0.339. The van der Waals surface area contributed by atoms with Crippen molar-refractivity contribution in [3.05, 3.63) is 53.8 Å². The molecule has 2 aliphatic heterocycles. The van der Waals surface area contributed by atoms with E-state index in [1.165, 1.54) is 17.0 Å². The number of hydrogen-bond donors (Lipinski definition) is 0. The van der Waals surface area contributed by atoms with Crippen LogP contribution >= 0.6 is 0 Å². The maximum absolute atomic E-state index is 13.0. The van der Waals surface area contributed by atoms with Crippen molar-refractivity contribution in [3.63, 3.8) is 0 Å². The van der Waals surface area contributed by atoms with Gasteiger partial charge in [0.05, 0.1) is 5.69 Å². The van der Waals surface area contributed by atoms with Crippen LogP contribution in [0.25, 0.3) is 0 Å². The summed E-state index contributed by atoms with van der Waals surface area (Å²) in [7, 11) is 0. The maximum atomic E-state index is 13.0. The molecule has 0 spiro atoms. The van der Waals surface area contributed by atoms with E-state index in [-0.39, 0.29) is 43.2 Å². The van der Waals surface area contributed by atoms with Crippen molar-refractivity contribution in [2.24, 2.45) is 0 Å². The molecule has 1 saturated heterocycles. The number of amides is 2. The molecule has 0 bridgehead atoms. The lowest BCUT2D eigenvalue weighted by Crippen LogP contribution is -2.42. The summed E-state index contributed by atoms with van der Waals surface area (Å²) < 4.78 is 23.6. The van der Waals surface area contributed by atoms with Crippen LogP contribution in [0.4, 0.5) is 10.1 Å². The number of anilines is 1. The Morgan fingerprint density at radius 1 is 0.917 bits per heavy atom. The molecule has 4 rings (SSSR count). The Bertz CT molecular complexity index is 800. The maximum Gasteiger partial charge on any atom is 0.234 e. The van der Waals surface area contributed by atoms with Gasteiger partial charge in [0, 0.05) is 24.8 Å². The number of fused-ring (bicyclic) bond motifs is 1. The normalized spacial score (nSPS) is 17.5. The first-order valence-electron chi connectivity index (χ1n) is 7.63. The summed E-state index contributed by atoms with van der Waals surface area (Å²) in [4.78, 5) is 26.2. The van der Waals surface area contributed by atoms with Gasteiger partial charge in [-0.05, 0) is 29.8 Å². The van der Waals surface area contributed by atoms with Crippen molar-refractivity contribution >= 4 is 17.5 Å². The average molecular weight is 327 g/mol. The van der Waals surface area contributed by atoms with Crippen molar-refractivity contribution < 1.29 is 23.5 Å². The second-order valence-electron chi connectivity index (χ2n) is 5.82. The summed E-state index contributed by atoms with van der Waals surface area (Å²) in [6, 6.07) is 10.9. The van der Waals surface area contributed by atoms with E-state index in [0.29, 0.717) is 17.2 Å². The SMILES string of the molecule is O=C1CC(c2ccc(F)cc2)CC(=O)N1c1ccc2c(c1)OCO2. The minimum absolute atomic E-state index is 0.132. The summed E-state index contributed by atoms with van der Waals surface area (Å²) in [6.07, 6.45) is 0.400. The highest BCUT2D eigenvalue weighted by molar-refractivity contribution is 6.17. The number of rotatable bonds is 2. The molecule has 2 aromatic rings. The van der Waals surface area contributed by atoms with E-state index < -0.39 is 0 Å². The quantitative estimate of drug-likeness (QED) is 0.796. The van der Waals surface area contributed by atoms with Crippen LogP contribution in [0.2, 0.25) is 0 Å². The molecule has 2 aromatic carbocycles. The summed E-state index contributed by atoms with van der Waals surface area (Å²) in [6.45, 7) is 0.132. The van der Waals surface area contributed by atoms with E-state index in [4.69, 9.17) is 9.47 Å². The van der Waals surface area contributed by atoms with E-state index in [0.717, 1.165) is 5.56 Å². The number of nitrogens with zero attached hydrogens (tertiary/aromatic N) is 1. The first-order chi connectivity index (χ1) is 11.6. The fourth-order valence-electron chi connectivity index (χ4n) is 3.10. The lowest BCUT2D eigenvalue weighted by atomic mass is 9.88. The van der Waals surface area contributed by atoms with Crippen LogP contribution in [-0.4, -0.2) is 18.6 Å². The first-order valence-corrected chi connectivity index (χ1v) is 7.63. The lowest BCUT2D eigenvalue weighted by Gasteiger charge is -2.30. The molecule has 6 heteroatoms. The van der Waals surface area contributed by atoms with Gasteiger partial charge in [-0.2, -0.15) is 0 Å². The highest BCUT2D eigenvalue weighted by atomic mass is 19.1. The monoisotopic (exact) mass is 327 g/mol. The van der Waals surface area contributed by atoms with E-state index in [9.17, 15) is 14.0 Å². The third-order valence-electron chi connectivity index (χ3n) is 4.30. The van der Waals surface area contributed by atoms with Crippen LogP contribution in [0.1, 0.15) is 24.3 Å². The second kappa shape index (κ2) is 5.63. The number of halogens is 1. The Balaban J connectivity index is 1.58. The average Bonchev–Trinajstić information content (AvgIpc) is 3.02. The van der Waals surface area contributed by atoms with Crippen molar-refractivity contribution in [3.8, 4) is 11.5 Å². The van der Waals surface area contributed by atoms with Gasteiger partial charge < -0.3 is 9.47 Å². The zero-order chi connectivity index (χ0) is 16.7. The van der Waals surface area contributed by atoms with Gasteiger partial charge in [0.25, 0.3) is 0 Å². The Kier molecular flexibility index (Phi) is 3.45. The summed E-state index contributed by atoms with van der Waals surface area (Å²) >= 11 is 0. The molecule has 2 heterocycles. The van der Waals surface area contributed by atoms with Crippen molar-refractivity contribution in [2.45, 2.75) is 18.8 Å². The van der Waals surface area contributed by atoms with Gasteiger partial charge in [0.15, 0.2) is 11.5 Å². The predicted molar refractivity (Wildman–Crippen MR) is 83.4 cm³/mol. The van der Waals surface area contributed by atoms with Crippen molar-refractivity contribution in [2.75, 3.05) is 11.7 Å². The zero-order valence-electron chi connectivity index (χ0n) is 12.7. The third-order valence-corrected chi connectivity index (χ3v) is 4.30. The molecule has 122 valence electrons. The van der Waals surface area contributed by atoms with Gasteiger partial charge in [-0.3, -0.25) is 14.5 Å². The Hall–Kier alpha value is -2.89. The number of carbonyl (C=O) groups excluding carboxylic acids is 2. The number of piperidine rings is 1. The first kappa shape index (κ1) is 14.7. The summed E-state index contributed by atoms with van der Waals surface area (Å²) in [5, 5.41) is 0. The summed E-state index contributed by atoms with van der Waals surface area (Å²) in [5.74, 6) is -0.00227. The number of carbonyl (C=O) groups is 2. The zero-order valence-corrected chi connectivity index (χ0v) is 12.7. The van der Waals surface area contributed by atoms with Crippen LogP contribution in [0.5, 0.6) is 11.5 Å². The molecule has 0 aromatic heterocycles. The van der Waals surface area contributed by atoms with Crippen molar-refractivity contribution in [1.82, 2.24) is 0 Å². The fourth-order valence-corrected chi connectivity index (χ4v) is 3.10. The van der Waals surface area contributed by atoms with E-state index >= 15 is 0 Å². The van der Waals surface area contributed by atoms with E-state index in [2.05, 4.69) is 0 Å². The van der Waals surface area contributed by atoms with Crippen LogP contribution < -0.4 is 14.4 Å². The molecule has 0 saturated carbocycles. The minimum Gasteiger partial charge on any atom is -0.454 e. The molecule has 0 radical (unpaired) electrons. The standard InChI is InChI=1S/C18H14FNO4/c19-13-3-1-11(2-4-13)12-7-17(21)20(18(22)8-12)14-5-6-15-16(9-14)24-10-23-15/h1-6,9,12H,7-8,10H2. The van der Waals surface area contributed by atoms with Crippen LogP contribution in [0.15, 0.2) is 42.5 Å². The van der Waals surface area contributed by atoms with Crippen LogP contribution in [-0.2, 0) is 9.59 Å². The van der Waals surface area contributed by atoms with Gasteiger partial charge in [-0.25, -0.2) is 4.39 Å². The number of ether oxygens (including phenoxy) is 2. The highest BCUT2D eigenvalue weighted by Crippen LogP contribution is 2.38. The van der Waals surface area contributed by atoms with Gasteiger partial charge in [0.2, 0.25) is 18.6 Å². The van der Waals surface area contributed by atoms with Crippen molar-refractivity contribution in [1.29, 1.82) is 0 Å². The second-order valence-corrected chi connectivity index (χ2v) is 5.82. The molecular weight excluding hydrogens is 313 g/mol. The Labute approximate surface area is 137 Å². The fraction of sp³-hybridized carbons (Fsp3) is 0.222. The number of imide groups is 1. The smallest absolute Gasteiger partial charge is 0.234 e. The molecule has 5 nitrogen and oxygen atoms in total. The van der Waals surface area contributed by atoms with Gasteiger partial charge >= 0.3 is 0 Å². The lowest BCUT2D eigenvalue weighted by molar-refractivity contribution is -0.129. The number of hydrogen-bond acceptors (Lipinski definition) is 4. The topological polar surface area (TPSA) is 55.8 Å². The van der Waals surface area contributed by atoms with Crippen LogP contribution in [0.3, 0.4) is 0 Å². The molecule has 0 N–H and O–H groups in total. The van der Waals surface area contributed by atoms with Gasteiger partial charge in [-0.15, -0.1) is 0 Å². The summed E-state index contributed by atoms with van der Waals surface area (Å²) in [5.41, 5.74) is 1.27. The molecule has 2 amide bonds. The molecule has 0 unspecified atom stereocenters. The van der Waals surface area contributed by atoms with E-state index in [1.807, 2.05) is 0 Å². The Morgan fingerprint density at radius 2 is 1.58 bits per heavy atom. The van der Waals surface area contributed by atoms with Crippen LogP contribution in [0, 0.1) is 5.82 Å². The molecular formula is C18H14FNO4. The predicted octanol–water partition coefficient (Wildman–Crippen LogP) is 2.99. The van der Waals surface area contributed by atoms with Gasteiger partial charge in [0.1, 0.15) is 5.82 Å². The number of benzene rings is 2. The molecule has 1 fully saturated rings. The molecule has 24 heavy (non-hydrogen) atoms. The molecule has 0 atom stereocenters. The Morgan fingerprint density at radius 3 is 2.29 bits per heavy atom. The molecule has 0 aliphatic carbocycles. The van der Waals surface area contributed by atoms with Gasteiger partial charge in [-0.1, -0.05) is 12.1 Å². The highest BCUT2D eigenvalue weighted by Gasteiger charge is 2.35. The van der Waals surface area contributed by atoms with E-state index in [1.54, 1.807) is 30.3 Å². The third kappa shape index (κ3) is 2.50. The molecule has 2 aliphatic rings. The largest absolute Gasteiger partial charge is 0.454 e.